The predicted octanol–water partition coefficient (Wildman–Crippen LogP) is 2.98. The third-order valence-electron chi connectivity index (χ3n) is 5.19. The maximum Gasteiger partial charge on any atom is 0.221 e. The summed E-state index contributed by atoms with van der Waals surface area (Å²) in [4.78, 5) is 12.3. The van der Waals surface area contributed by atoms with E-state index in [-0.39, 0.29) is 11.2 Å². The van der Waals surface area contributed by atoms with E-state index in [0.717, 1.165) is 48.4 Å². The highest BCUT2D eigenvalue weighted by atomic mass is 32.2. The van der Waals surface area contributed by atoms with Gasteiger partial charge in [-0.2, -0.15) is 0 Å². The van der Waals surface area contributed by atoms with Gasteiger partial charge in [-0.05, 0) is 54.5 Å². The van der Waals surface area contributed by atoms with Gasteiger partial charge in [-0.1, -0.05) is 12.1 Å². The van der Waals surface area contributed by atoms with Crippen molar-refractivity contribution < 1.29 is 9.00 Å². The van der Waals surface area contributed by atoms with Crippen molar-refractivity contribution in [3.63, 3.8) is 0 Å². The van der Waals surface area contributed by atoms with Crippen LogP contribution < -0.4 is 10.7 Å². The molecule has 0 saturated carbocycles. The van der Waals surface area contributed by atoms with Crippen molar-refractivity contribution in [1.82, 2.24) is 10.4 Å². The second kappa shape index (κ2) is 6.42. The summed E-state index contributed by atoms with van der Waals surface area (Å²) in [7, 11) is 1.09. The van der Waals surface area contributed by atoms with Crippen molar-refractivity contribution in [1.29, 1.82) is 0 Å². The first kappa shape index (κ1) is 16.5. The summed E-state index contributed by atoms with van der Waals surface area (Å²) in [5.74, 6) is -0.0821. The molecule has 25 heavy (non-hydrogen) atoms. The maximum atomic E-state index is 13.1. The molecule has 132 valence electrons. The summed E-state index contributed by atoms with van der Waals surface area (Å²) in [5, 5.41) is 4.91. The van der Waals surface area contributed by atoms with Crippen molar-refractivity contribution in [2.75, 3.05) is 18.9 Å². The molecule has 1 aromatic carbocycles. The van der Waals surface area contributed by atoms with Crippen LogP contribution in [-0.2, 0) is 15.6 Å². The van der Waals surface area contributed by atoms with E-state index in [1.54, 1.807) is 0 Å². The van der Waals surface area contributed by atoms with Gasteiger partial charge in [-0.25, -0.2) is 5.01 Å². The van der Waals surface area contributed by atoms with Gasteiger partial charge in [0.2, 0.25) is 5.91 Å². The van der Waals surface area contributed by atoms with Crippen LogP contribution in [-0.4, -0.2) is 28.7 Å². The molecular weight excluding hydrogens is 334 g/mol. The first-order valence-corrected chi connectivity index (χ1v) is 9.94. The highest BCUT2D eigenvalue weighted by molar-refractivity contribution is 7.89. The fraction of sp³-hybridized carbons (Fsp3) is 0.421. The van der Waals surface area contributed by atoms with Crippen LogP contribution in [0.15, 0.2) is 46.0 Å². The van der Waals surface area contributed by atoms with E-state index >= 15 is 0 Å². The first-order chi connectivity index (χ1) is 12.0. The smallest absolute Gasteiger partial charge is 0.221 e. The van der Waals surface area contributed by atoms with Gasteiger partial charge in [0, 0.05) is 31.1 Å². The summed E-state index contributed by atoms with van der Waals surface area (Å²) in [6.45, 7) is 2.52. The Morgan fingerprint density at radius 3 is 2.72 bits per heavy atom. The third-order valence-corrected chi connectivity index (χ3v) is 7.08. The van der Waals surface area contributed by atoms with Gasteiger partial charge >= 0.3 is 0 Å². The van der Waals surface area contributed by atoms with Crippen molar-refractivity contribution in [3.8, 4) is 0 Å². The predicted molar refractivity (Wildman–Crippen MR) is 99.9 cm³/mol. The van der Waals surface area contributed by atoms with Crippen LogP contribution in [0.25, 0.3) is 0 Å². The molecule has 0 fully saturated rings. The van der Waals surface area contributed by atoms with Crippen molar-refractivity contribution in [2.45, 2.75) is 37.9 Å². The number of hydrogen-bond donors (Lipinski definition) is 2. The number of anilines is 1. The number of nitrogens with one attached hydrogen (secondary N) is 2. The summed E-state index contributed by atoms with van der Waals surface area (Å²) >= 11 is 0. The van der Waals surface area contributed by atoms with Gasteiger partial charge in [0.25, 0.3) is 0 Å². The van der Waals surface area contributed by atoms with Crippen LogP contribution in [0.2, 0.25) is 0 Å². The molecule has 6 heteroatoms. The minimum atomic E-state index is -0.972. The topological polar surface area (TPSA) is 61.4 Å². The highest BCUT2D eigenvalue weighted by Crippen LogP contribution is 2.47. The van der Waals surface area contributed by atoms with Crippen LogP contribution in [0.1, 0.15) is 43.4 Å². The average molecular weight is 357 g/mol. The van der Waals surface area contributed by atoms with E-state index in [9.17, 15) is 9.00 Å². The molecule has 0 aromatic heterocycles. The van der Waals surface area contributed by atoms with Crippen LogP contribution in [0.4, 0.5) is 5.69 Å². The lowest BCUT2D eigenvalue weighted by atomic mass is 9.89. The lowest BCUT2D eigenvalue weighted by Crippen LogP contribution is -2.40. The van der Waals surface area contributed by atoms with Gasteiger partial charge in [-0.3, -0.25) is 9.00 Å². The quantitative estimate of drug-likeness (QED) is 0.854. The lowest BCUT2D eigenvalue weighted by molar-refractivity contribution is -0.114. The Kier molecular flexibility index (Phi) is 4.25. The number of carbonyl (C=O) groups excluding carboxylic acids is 1. The number of nitrogens with zero attached hydrogens (tertiary/aromatic N) is 1. The SMILES string of the molecule is CC(=O)Nc1ccc(C2CC3=C(CCC4=C3NN(C)CC4)S2=O)cc1. The standard InChI is InChI=1S/C19H23N3O2S/c1-12(23)20-15-6-3-13(4-7-15)18-11-16-17(25(18)24)8-5-14-9-10-22(2)21-19(14)16/h3-4,6-7,18,21H,5,8-11H2,1-2H3,(H,20,23). The Balaban J connectivity index is 1.58. The van der Waals surface area contributed by atoms with E-state index in [1.807, 2.05) is 24.3 Å². The zero-order valence-electron chi connectivity index (χ0n) is 14.6. The number of allylic oxidation sites excluding steroid dienone is 2. The molecule has 2 atom stereocenters. The highest BCUT2D eigenvalue weighted by Gasteiger charge is 2.38. The number of hydrogen-bond acceptors (Lipinski definition) is 4. The van der Waals surface area contributed by atoms with Crippen molar-refractivity contribution in [3.05, 3.63) is 51.6 Å². The molecule has 1 amide bonds. The minimum Gasteiger partial charge on any atom is -0.326 e. The molecular formula is C19H23N3O2S. The molecule has 4 rings (SSSR count). The normalized spacial score (nSPS) is 26.2. The molecule has 1 aliphatic carbocycles. The third kappa shape index (κ3) is 3.04. The molecule has 2 N–H and O–H groups in total. The molecule has 1 aromatic rings. The Hall–Kier alpha value is -1.92. The summed E-state index contributed by atoms with van der Waals surface area (Å²) in [6.07, 6.45) is 3.86. The van der Waals surface area contributed by atoms with E-state index in [1.165, 1.54) is 23.8 Å². The molecule has 2 aliphatic heterocycles. The molecule has 0 bridgehead atoms. The fourth-order valence-electron chi connectivity index (χ4n) is 3.94. The number of benzene rings is 1. The van der Waals surface area contributed by atoms with E-state index in [4.69, 9.17) is 0 Å². The largest absolute Gasteiger partial charge is 0.326 e. The monoisotopic (exact) mass is 357 g/mol. The van der Waals surface area contributed by atoms with Crippen LogP contribution in [0.5, 0.6) is 0 Å². The van der Waals surface area contributed by atoms with Gasteiger partial charge in [-0.15, -0.1) is 0 Å². The number of rotatable bonds is 2. The fourth-order valence-corrected chi connectivity index (χ4v) is 5.73. The Morgan fingerprint density at radius 1 is 1.24 bits per heavy atom. The second-order valence-corrected chi connectivity index (χ2v) is 8.61. The number of hydrazine groups is 1. The lowest BCUT2D eigenvalue weighted by Gasteiger charge is -2.33. The minimum absolute atomic E-state index is 0.0114. The van der Waals surface area contributed by atoms with Gasteiger partial charge < -0.3 is 10.7 Å². The summed E-state index contributed by atoms with van der Waals surface area (Å²) < 4.78 is 13.1. The van der Waals surface area contributed by atoms with Gasteiger partial charge in [0.15, 0.2) is 0 Å². The Morgan fingerprint density at radius 2 is 2.00 bits per heavy atom. The molecule has 0 radical (unpaired) electrons. The number of fused-ring (bicyclic) bond motifs is 1. The van der Waals surface area contributed by atoms with Crippen molar-refractivity contribution >= 4 is 22.4 Å². The Bertz CT molecular complexity index is 810. The number of amides is 1. The zero-order valence-corrected chi connectivity index (χ0v) is 15.4. The van der Waals surface area contributed by atoms with Gasteiger partial charge in [0.05, 0.1) is 21.7 Å². The van der Waals surface area contributed by atoms with E-state index in [2.05, 4.69) is 22.8 Å². The maximum absolute atomic E-state index is 13.1. The average Bonchev–Trinajstić information content (AvgIpc) is 2.92. The van der Waals surface area contributed by atoms with Crippen LogP contribution in [0, 0.1) is 0 Å². The molecule has 0 spiro atoms. The van der Waals surface area contributed by atoms with Crippen LogP contribution >= 0.6 is 0 Å². The molecule has 0 saturated heterocycles. The molecule has 5 nitrogen and oxygen atoms in total. The second-order valence-electron chi connectivity index (χ2n) is 6.96. The molecule has 2 unspecified atom stereocenters. The van der Waals surface area contributed by atoms with E-state index in [0.29, 0.717) is 0 Å². The van der Waals surface area contributed by atoms with Crippen LogP contribution in [0.3, 0.4) is 0 Å². The Labute approximate surface area is 150 Å². The zero-order chi connectivity index (χ0) is 17.6. The molecule has 3 aliphatic rings. The van der Waals surface area contributed by atoms with Crippen molar-refractivity contribution in [2.24, 2.45) is 0 Å². The molecule has 2 heterocycles. The number of carbonyl (C=O) groups is 1. The van der Waals surface area contributed by atoms with E-state index < -0.39 is 10.8 Å². The summed E-state index contributed by atoms with van der Waals surface area (Å²) in [6, 6.07) is 7.76. The summed E-state index contributed by atoms with van der Waals surface area (Å²) in [5.41, 5.74) is 9.31. The van der Waals surface area contributed by atoms with Gasteiger partial charge in [0.1, 0.15) is 0 Å². The first-order valence-electron chi connectivity index (χ1n) is 8.73.